The molecule has 0 aliphatic rings. The number of aliphatic hydroxyl groups excluding tert-OH is 1. The molecule has 0 fully saturated rings. The zero-order valence-electron chi connectivity index (χ0n) is 9.81. The molecule has 1 aromatic rings. The molecule has 5 heteroatoms. The van der Waals surface area contributed by atoms with Crippen LogP contribution in [0, 0.1) is 0 Å². The molecular formula is C12H17NO2S2. The van der Waals surface area contributed by atoms with E-state index in [-0.39, 0.29) is 12.5 Å². The van der Waals surface area contributed by atoms with Gasteiger partial charge >= 0.3 is 0 Å². The number of hydrogen-bond donors (Lipinski definition) is 2. The lowest BCUT2D eigenvalue weighted by molar-refractivity contribution is -0.113. The number of anilines is 1. The van der Waals surface area contributed by atoms with Crippen LogP contribution in [0.2, 0.25) is 0 Å². The molecule has 0 spiro atoms. The van der Waals surface area contributed by atoms with Crippen molar-refractivity contribution in [3.8, 4) is 0 Å². The third kappa shape index (κ3) is 5.48. The maximum absolute atomic E-state index is 11.6. The molecule has 0 radical (unpaired) electrons. The number of benzene rings is 1. The lowest BCUT2D eigenvalue weighted by Crippen LogP contribution is -2.15. The number of thioether (sulfide) groups is 2. The van der Waals surface area contributed by atoms with Crippen molar-refractivity contribution in [3.63, 3.8) is 0 Å². The van der Waals surface area contributed by atoms with Gasteiger partial charge in [0.15, 0.2) is 0 Å². The molecule has 0 saturated carbocycles. The summed E-state index contributed by atoms with van der Waals surface area (Å²) in [5, 5.41) is 11.5. The molecule has 0 bridgehead atoms. The average molecular weight is 271 g/mol. The zero-order chi connectivity index (χ0) is 12.5. The van der Waals surface area contributed by atoms with E-state index in [0.29, 0.717) is 5.75 Å². The van der Waals surface area contributed by atoms with Crippen LogP contribution in [0.4, 0.5) is 5.69 Å². The van der Waals surface area contributed by atoms with Gasteiger partial charge in [-0.2, -0.15) is 11.8 Å². The van der Waals surface area contributed by atoms with E-state index in [0.717, 1.165) is 22.8 Å². The van der Waals surface area contributed by atoms with Gasteiger partial charge in [-0.25, -0.2) is 0 Å². The van der Waals surface area contributed by atoms with E-state index in [4.69, 9.17) is 5.11 Å². The summed E-state index contributed by atoms with van der Waals surface area (Å²) in [6.45, 7) is 0.184. The Kier molecular flexibility index (Phi) is 7.16. The number of aliphatic hydroxyl groups is 1. The summed E-state index contributed by atoms with van der Waals surface area (Å²) < 4.78 is 0. The van der Waals surface area contributed by atoms with Gasteiger partial charge in [-0.15, -0.1) is 11.8 Å². The van der Waals surface area contributed by atoms with Crippen molar-refractivity contribution in [1.82, 2.24) is 0 Å². The van der Waals surface area contributed by atoms with Gasteiger partial charge in [-0.05, 0) is 30.6 Å². The fourth-order valence-corrected chi connectivity index (χ4v) is 2.55. The molecule has 0 atom stereocenters. The van der Waals surface area contributed by atoms with E-state index >= 15 is 0 Å². The molecule has 1 rings (SSSR count). The van der Waals surface area contributed by atoms with Crippen molar-refractivity contribution >= 4 is 35.1 Å². The lowest BCUT2D eigenvalue weighted by Gasteiger charge is -2.08. The van der Waals surface area contributed by atoms with Gasteiger partial charge in [-0.3, -0.25) is 4.79 Å². The molecule has 1 aromatic carbocycles. The minimum Gasteiger partial charge on any atom is -0.396 e. The number of carbonyl (C=O) groups excluding carboxylic acids is 1. The largest absolute Gasteiger partial charge is 0.396 e. The average Bonchev–Trinajstić information content (AvgIpc) is 2.35. The minimum atomic E-state index is 0.00874. The first-order valence-electron chi connectivity index (χ1n) is 5.39. The Morgan fingerprint density at radius 1 is 1.41 bits per heavy atom. The summed E-state index contributed by atoms with van der Waals surface area (Å²) in [7, 11) is 0. The van der Waals surface area contributed by atoms with Crippen molar-refractivity contribution in [2.24, 2.45) is 0 Å². The summed E-state index contributed by atoms with van der Waals surface area (Å²) in [6.07, 6.45) is 2.72. The zero-order valence-corrected chi connectivity index (χ0v) is 11.4. The van der Waals surface area contributed by atoms with Crippen molar-refractivity contribution in [2.45, 2.75) is 11.3 Å². The van der Waals surface area contributed by atoms with Crippen LogP contribution >= 0.6 is 23.5 Å². The van der Waals surface area contributed by atoms with E-state index in [1.807, 2.05) is 30.5 Å². The Morgan fingerprint density at radius 2 is 2.18 bits per heavy atom. The highest BCUT2D eigenvalue weighted by molar-refractivity contribution is 8.00. The van der Waals surface area contributed by atoms with E-state index in [9.17, 15) is 4.79 Å². The molecule has 0 aromatic heterocycles. The van der Waals surface area contributed by atoms with E-state index in [2.05, 4.69) is 5.32 Å². The smallest absolute Gasteiger partial charge is 0.234 e. The second kappa shape index (κ2) is 8.44. The Hall–Kier alpha value is -0.650. The number of nitrogens with one attached hydrogen (secondary N) is 1. The first-order chi connectivity index (χ1) is 8.27. The second-order valence-corrected chi connectivity index (χ2v) is 5.33. The van der Waals surface area contributed by atoms with E-state index in [1.165, 1.54) is 11.8 Å². The van der Waals surface area contributed by atoms with Crippen molar-refractivity contribution in [3.05, 3.63) is 24.3 Å². The molecule has 0 unspecified atom stereocenters. The van der Waals surface area contributed by atoms with Gasteiger partial charge < -0.3 is 10.4 Å². The normalized spacial score (nSPS) is 10.2. The molecular weight excluding hydrogens is 254 g/mol. The molecule has 2 N–H and O–H groups in total. The Labute approximate surface area is 110 Å². The van der Waals surface area contributed by atoms with Gasteiger partial charge in [0.05, 0.1) is 11.4 Å². The highest BCUT2D eigenvalue weighted by Crippen LogP contribution is 2.24. The van der Waals surface area contributed by atoms with Gasteiger partial charge in [0, 0.05) is 11.5 Å². The molecule has 94 valence electrons. The SMILES string of the molecule is CSc1ccccc1NC(=O)CSCCCO. The molecule has 3 nitrogen and oxygen atoms in total. The Balaban J connectivity index is 2.39. The topological polar surface area (TPSA) is 49.3 Å². The van der Waals surface area contributed by atoms with Gasteiger partial charge in [0.2, 0.25) is 5.91 Å². The van der Waals surface area contributed by atoms with Crippen LogP contribution in [-0.2, 0) is 4.79 Å². The summed E-state index contributed by atoms with van der Waals surface area (Å²) in [6, 6.07) is 7.76. The van der Waals surface area contributed by atoms with Crippen LogP contribution < -0.4 is 5.32 Å². The standard InChI is InChI=1S/C12H17NO2S2/c1-16-11-6-3-2-5-10(11)13-12(15)9-17-8-4-7-14/h2-3,5-6,14H,4,7-9H2,1H3,(H,13,15). The molecule has 17 heavy (non-hydrogen) atoms. The molecule has 0 saturated heterocycles. The van der Waals surface area contributed by atoms with Crippen molar-refractivity contribution in [2.75, 3.05) is 29.7 Å². The maximum atomic E-state index is 11.6. The van der Waals surface area contributed by atoms with Crippen LogP contribution in [0.1, 0.15) is 6.42 Å². The third-order valence-electron chi connectivity index (χ3n) is 2.06. The fourth-order valence-electron chi connectivity index (χ4n) is 1.27. The van der Waals surface area contributed by atoms with Crippen LogP contribution in [0.5, 0.6) is 0 Å². The fraction of sp³-hybridized carbons (Fsp3) is 0.417. The molecule has 1 amide bonds. The number of amides is 1. The molecule has 0 aliphatic heterocycles. The van der Waals surface area contributed by atoms with E-state index in [1.54, 1.807) is 11.8 Å². The number of para-hydroxylation sites is 1. The monoisotopic (exact) mass is 271 g/mol. The van der Waals surface area contributed by atoms with E-state index < -0.39 is 0 Å². The summed E-state index contributed by atoms with van der Waals surface area (Å²) in [4.78, 5) is 12.7. The highest BCUT2D eigenvalue weighted by Gasteiger charge is 2.05. The Bertz CT molecular complexity index is 358. The van der Waals surface area contributed by atoms with Crippen molar-refractivity contribution < 1.29 is 9.90 Å². The number of rotatable bonds is 7. The first-order valence-corrected chi connectivity index (χ1v) is 7.77. The quantitative estimate of drug-likeness (QED) is 0.591. The van der Waals surface area contributed by atoms with Crippen LogP contribution in [0.15, 0.2) is 29.2 Å². The highest BCUT2D eigenvalue weighted by atomic mass is 32.2. The van der Waals surface area contributed by atoms with Crippen molar-refractivity contribution in [1.29, 1.82) is 0 Å². The lowest BCUT2D eigenvalue weighted by atomic mass is 10.3. The summed E-state index contributed by atoms with van der Waals surface area (Å²) in [5.41, 5.74) is 0.868. The summed E-state index contributed by atoms with van der Waals surface area (Å²) in [5.74, 6) is 1.26. The first kappa shape index (κ1) is 14.4. The molecule has 0 heterocycles. The predicted octanol–water partition coefficient (Wildman–Crippen LogP) is 2.46. The van der Waals surface area contributed by atoms with Gasteiger partial charge in [-0.1, -0.05) is 12.1 Å². The maximum Gasteiger partial charge on any atom is 0.234 e. The second-order valence-electron chi connectivity index (χ2n) is 3.38. The number of carbonyl (C=O) groups is 1. The summed E-state index contributed by atoms with van der Waals surface area (Å²) >= 11 is 3.15. The minimum absolute atomic E-state index is 0.00874. The van der Waals surface area contributed by atoms with Gasteiger partial charge in [0.1, 0.15) is 0 Å². The van der Waals surface area contributed by atoms with Crippen LogP contribution in [-0.4, -0.2) is 35.4 Å². The van der Waals surface area contributed by atoms with Gasteiger partial charge in [0.25, 0.3) is 0 Å². The Morgan fingerprint density at radius 3 is 2.88 bits per heavy atom. The van der Waals surface area contributed by atoms with Crippen LogP contribution in [0.3, 0.4) is 0 Å². The third-order valence-corrected chi connectivity index (χ3v) is 3.90. The predicted molar refractivity (Wildman–Crippen MR) is 75.9 cm³/mol. The molecule has 0 aliphatic carbocycles. The number of hydrogen-bond acceptors (Lipinski definition) is 4. The van der Waals surface area contributed by atoms with Crippen LogP contribution in [0.25, 0.3) is 0 Å².